The Morgan fingerprint density at radius 2 is 1.70 bits per heavy atom. The number of anilines is 1. The lowest BCUT2D eigenvalue weighted by molar-refractivity contribution is -0.118. The van der Waals surface area contributed by atoms with E-state index < -0.39 is 5.97 Å². The fourth-order valence-electron chi connectivity index (χ4n) is 2.70. The highest BCUT2D eigenvalue weighted by Crippen LogP contribution is 2.30. The largest absolute Gasteiger partial charge is 0.494 e. The predicted octanol–water partition coefficient (Wildman–Crippen LogP) is 3.95. The summed E-state index contributed by atoms with van der Waals surface area (Å²) in [5.41, 5.74) is 0.617. The summed E-state index contributed by atoms with van der Waals surface area (Å²) in [4.78, 5) is 23.7. The van der Waals surface area contributed by atoms with Crippen LogP contribution in [0.3, 0.4) is 0 Å². The van der Waals surface area contributed by atoms with Crippen LogP contribution in [0.25, 0.3) is 10.8 Å². The number of carbonyl (C=O) groups excluding carboxylic acids is 1. The number of hydrogen-bond donors (Lipinski definition) is 2. The van der Waals surface area contributed by atoms with Crippen LogP contribution in [0.4, 0.5) is 5.69 Å². The van der Waals surface area contributed by atoms with E-state index >= 15 is 0 Å². The summed E-state index contributed by atoms with van der Waals surface area (Å²) in [6.07, 6.45) is 0. The van der Waals surface area contributed by atoms with Crippen molar-refractivity contribution in [2.24, 2.45) is 0 Å². The molecule has 0 unspecified atom stereocenters. The molecule has 27 heavy (non-hydrogen) atoms. The molecule has 1 amide bonds. The predicted molar refractivity (Wildman–Crippen MR) is 103 cm³/mol. The van der Waals surface area contributed by atoms with Gasteiger partial charge in [-0.1, -0.05) is 30.3 Å². The molecule has 138 valence electrons. The fourth-order valence-corrected chi connectivity index (χ4v) is 2.70. The van der Waals surface area contributed by atoms with Crippen molar-refractivity contribution in [1.29, 1.82) is 0 Å². The van der Waals surface area contributed by atoms with Crippen molar-refractivity contribution in [2.45, 2.75) is 6.92 Å². The number of rotatable bonds is 7. The van der Waals surface area contributed by atoms with Gasteiger partial charge in [-0.25, -0.2) is 4.79 Å². The van der Waals surface area contributed by atoms with Gasteiger partial charge in [0, 0.05) is 11.1 Å². The van der Waals surface area contributed by atoms with Crippen LogP contribution < -0.4 is 14.8 Å². The second-order valence-electron chi connectivity index (χ2n) is 5.76. The molecule has 0 heterocycles. The molecular formula is C21H19NO5. The summed E-state index contributed by atoms with van der Waals surface area (Å²) in [5.74, 6) is -0.595. The summed E-state index contributed by atoms with van der Waals surface area (Å²) in [6, 6.07) is 17.4. The monoisotopic (exact) mass is 365 g/mol. The third-order valence-corrected chi connectivity index (χ3v) is 3.91. The molecule has 6 heteroatoms. The second-order valence-corrected chi connectivity index (χ2v) is 5.76. The first-order valence-corrected chi connectivity index (χ1v) is 8.49. The molecule has 0 spiro atoms. The molecule has 0 saturated heterocycles. The zero-order chi connectivity index (χ0) is 19.2. The quantitative estimate of drug-likeness (QED) is 0.662. The van der Waals surface area contributed by atoms with E-state index in [-0.39, 0.29) is 23.8 Å². The minimum Gasteiger partial charge on any atom is -0.494 e. The Morgan fingerprint density at radius 1 is 0.963 bits per heavy atom. The van der Waals surface area contributed by atoms with Crippen molar-refractivity contribution in [3.8, 4) is 11.5 Å². The summed E-state index contributed by atoms with van der Waals surface area (Å²) in [6.45, 7) is 2.16. The van der Waals surface area contributed by atoms with E-state index in [1.54, 1.807) is 42.5 Å². The molecule has 3 aromatic carbocycles. The van der Waals surface area contributed by atoms with Crippen molar-refractivity contribution in [2.75, 3.05) is 18.5 Å². The molecule has 0 atom stereocenters. The number of ether oxygens (including phenoxy) is 2. The molecular weight excluding hydrogens is 346 g/mol. The maximum Gasteiger partial charge on any atom is 0.339 e. The Labute approximate surface area is 156 Å². The third kappa shape index (κ3) is 4.36. The number of carboxylic acid groups (broad SMARTS) is 1. The van der Waals surface area contributed by atoms with Crippen LogP contribution in [0.2, 0.25) is 0 Å². The van der Waals surface area contributed by atoms with Gasteiger partial charge in [-0.3, -0.25) is 4.79 Å². The lowest BCUT2D eigenvalue weighted by Crippen LogP contribution is -2.21. The topological polar surface area (TPSA) is 84.9 Å². The first-order valence-electron chi connectivity index (χ1n) is 8.49. The highest BCUT2D eigenvalue weighted by atomic mass is 16.5. The van der Waals surface area contributed by atoms with Gasteiger partial charge in [0.1, 0.15) is 17.1 Å². The standard InChI is InChI=1S/C21H19NO5/c1-2-26-16-10-8-15(9-11-16)22-19(23)13-27-20-17-6-4-3-5-14(17)7-12-18(20)21(24)25/h3-12H,2,13H2,1H3,(H,22,23)(H,24,25). The van der Waals surface area contributed by atoms with Gasteiger partial charge in [0.25, 0.3) is 5.91 Å². The molecule has 0 aliphatic heterocycles. The Kier molecular flexibility index (Phi) is 5.56. The van der Waals surface area contributed by atoms with E-state index in [9.17, 15) is 14.7 Å². The average Bonchev–Trinajstić information content (AvgIpc) is 2.67. The number of benzene rings is 3. The minimum atomic E-state index is -1.11. The van der Waals surface area contributed by atoms with E-state index in [1.165, 1.54) is 6.07 Å². The number of amides is 1. The van der Waals surface area contributed by atoms with Crippen LogP contribution in [0.1, 0.15) is 17.3 Å². The maximum absolute atomic E-state index is 12.2. The Bertz CT molecular complexity index is 966. The van der Waals surface area contributed by atoms with Crippen LogP contribution >= 0.6 is 0 Å². The molecule has 0 bridgehead atoms. The van der Waals surface area contributed by atoms with Gasteiger partial charge in [-0.05, 0) is 42.6 Å². The Hall–Kier alpha value is -3.54. The number of hydrogen-bond acceptors (Lipinski definition) is 4. The van der Waals surface area contributed by atoms with Gasteiger partial charge in [-0.15, -0.1) is 0 Å². The van der Waals surface area contributed by atoms with Crippen LogP contribution in [-0.4, -0.2) is 30.2 Å². The Balaban J connectivity index is 1.73. The van der Waals surface area contributed by atoms with Crippen LogP contribution in [0, 0.1) is 0 Å². The molecule has 3 rings (SSSR count). The minimum absolute atomic E-state index is 0.0163. The SMILES string of the molecule is CCOc1ccc(NC(=O)COc2c(C(=O)O)ccc3ccccc23)cc1. The van der Waals surface area contributed by atoms with E-state index in [4.69, 9.17) is 9.47 Å². The lowest BCUT2D eigenvalue weighted by atomic mass is 10.1. The number of carbonyl (C=O) groups is 2. The smallest absolute Gasteiger partial charge is 0.339 e. The number of fused-ring (bicyclic) bond motifs is 1. The number of aromatic carboxylic acids is 1. The van der Waals surface area contributed by atoms with Crippen molar-refractivity contribution in [1.82, 2.24) is 0 Å². The van der Waals surface area contributed by atoms with Crippen LogP contribution in [0.15, 0.2) is 60.7 Å². The number of nitrogens with one attached hydrogen (secondary N) is 1. The zero-order valence-corrected chi connectivity index (χ0v) is 14.8. The van der Waals surface area contributed by atoms with E-state index in [1.807, 2.05) is 19.1 Å². The molecule has 0 radical (unpaired) electrons. The van der Waals surface area contributed by atoms with Crippen molar-refractivity contribution in [3.05, 3.63) is 66.2 Å². The number of carboxylic acids is 1. The van der Waals surface area contributed by atoms with Crippen molar-refractivity contribution < 1.29 is 24.2 Å². The summed E-state index contributed by atoms with van der Waals surface area (Å²) >= 11 is 0. The van der Waals surface area contributed by atoms with Gasteiger partial charge < -0.3 is 19.9 Å². The van der Waals surface area contributed by atoms with Gasteiger partial charge in [0.05, 0.1) is 6.61 Å². The van der Waals surface area contributed by atoms with E-state index in [2.05, 4.69) is 5.32 Å². The molecule has 0 aliphatic carbocycles. The first-order chi connectivity index (χ1) is 13.1. The van der Waals surface area contributed by atoms with Crippen molar-refractivity contribution >= 4 is 28.3 Å². The van der Waals surface area contributed by atoms with Gasteiger partial charge in [0.15, 0.2) is 6.61 Å². The van der Waals surface area contributed by atoms with Gasteiger partial charge in [0.2, 0.25) is 0 Å². The summed E-state index contributed by atoms with van der Waals surface area (Å²) in [5, 5.41) is 13.6. The average molecular weight is 365 g/mol. The molecule has 0 aromatic heterocycles. The fraction of sp³-hybridized carbons (Fsp3) is 0.143. The Morgan fingerprint density at radius 3 is 2.41 bits per heavy atom. The third-order valence-electron chi connectivity index (χ3n) is 3.91. The van der Waals surface area contributed by atoms with Gasteiger partial charge >= 0.3 is 5.97 Å². The lowest BCUT2D eigenvalue weighted by Gasteiger charge is -2.13. The van der Waals surface area contributed by atoms with Crippen molar-refractivity contribution in [3.63, 3.8) is 0 Å². The second kappa shape index (κ2) is 8.23. The summed E-state index contributed by atoms with van der Waals surface area (Å²) < 4.78 is 10.9. The molecule has 0 saturated carbocycles. The maximum atomic E-state index is 12.2. The van der Waals surface area contributed by atoms with Crippen LogP contribution in [-0.2, 0) is 4.79 Å². The zero-order valence-electron chi connectivity index (χ0n) is 14.8. The highest BCUT2D eigenvalue weighted by Gasteiger charge is 2.16. The molecule has 3 aromatic rings. The van der Waals surface area contributed by atoms with E-state index in [0.717, 1.165) is 5.39 Å². The van der Waals surface area contributed by atoms with Gasteiger partial charge in [-0.2, -0.15) is 0 Å². The summed E-state index contributed by atoms with van der Waals surface area (Å²) in [7, 11) is 0. The van der Waals surface area contributed by atoms with E-state index in [0.29, 0.717) is 23.4 Å². The molecule has 2 N–H and O–H groups in total. The first kappa shape index (κ1) is 18.3. The normalized spacial score (nSPS) is 10.4. The highest BCUT2D eigenvalue weighted by molar-refractivity contribution is 6.01. The molecule has 0 aliphatic rings. The molecule has 6 nitrogen and oxygen atoms in total. The molecule has 0 fully saturated rings. The van der Waals surface area contributed by atoms with Crippen LogP contribution in [0.5, 0.6) is 11.5 Å².